The number of amides is 2. The summed E-state index contributed by atoms with van der Waals surface area (Å²) in [6.45, 7) is 1.66. The number of benzene rings is 1. The molecule has 1 aromatic heterocycles. The van der Waals surface area contributed by atoms with Crippen LogP contribution >= 0.6 is 0 Å². The molecule has 6 nitrogen and oxygen atoms in total. The van der Waals surface area contributed by atoms with Crippen molar-refractivity contribution in [3.63, 3.8) is 0 Å². The summed E-state index contributed by atoms with van der Waals surface area (Å²) in [4.78, 5) is 25.1. The topological polar surface area (TPSA) is 71.8 Å². The van der Waals surface area contributed by atoms with Crippen molar-refractivity contribution in [1.29, 1.82) is 0 Å². The van der Waals surface area contributed by atoms with Gasteiger partial charge in [-0.25, -0.2) is 0 Å². The lowest BCUT2D eigenvalue weighted by molar-refractivity contribution is -0.123. The lowest BCUT2D eigenvalue weighted by atomic mass is 10.2. The largest absolute Gasteiger partial charge is 0.497 e. The molecule has 0 fully saturated rings. The van der Waals surface area contributed by atoms with E-state index in [0.717, 1.165) is 0 Å². The fraction of sp³-hybridized carbons (Fsp3) is 0.250. The van der Waals surface area contributed by atoms with E-state index in [1.165, 1.54) is 11.8 Å². The minimum Gasteiger partial charge on any atom is -0.497 e. The second kappa shape index (κ2) is 7.31. The summed E-state index contributed by atoms with van der Waals surface area (Å²) in [5, 5.41) is 2.71. The zero-order chi connectivity index (χ0) is 15.9. The summed E-state index contributed by atoms with van der Waals surface area (Å²) in [5.41, 5.74) is 0.640. The highest BCUT2D eigenvalue weighted by atomic mass is 16.5. The fourth-order valence-electron chi connectivity index (χ4n) is 1.94. The maximum absolute atomic E-state index is 12.0. The van der Waals surface area contributed by atoms with Crippen LogP contribution in [0, 0.1) is 0 Å². The zero-order valence-corrected chi connectivity index (χ0v) is 12.5. The van der Waals surface area contributed by atoms with Crippen LogP contribution in [-0.2, 0) is 16.1 Å². The summed E-state index contributed by atoms with van der Waals surface area (Å²) in [6, 6.07) is 10.5. The molecule has 0 spiro atoms. The molecule has 1 N–H and O–H groups in total. The Hall–Kier alpha value is -2.76. The molecule has 0 atom stereocenters. The van der Waals surface area contributed by atoms with Crippen molar-refractivity contribution < 1.29 is 18.7 Å². The SMILES string of the molecule is COc1ccc(N(CC(=O)NCc2ccco2)C(C)=O)cc1. The highest BCUT2D eigenvalue weighted by Gasteiger charge is 2.15. The number of ether oxygens (including phenoxy) is 1. The van der Waals surface area contributed by atoms with Gasteiger partial charge in [-0.1, -0.05) is 0 Å². The summed E-state index contributed by atoms with van der Waals surface area (Å²) in [6.07, 6.45) is 1.54. The molecule has 1 aromatic carbocycles. The summed E-state index contributed by atoms with van der Waals surface area (Å²) in [5.74, 6) is 0.877. The number of carbonyl (C=O) groups excluding carboxylic acids is 2. The maximum Gasteiger partial charge on any atom is 0.240 e. The van der Waals surface area contributed by atoms with Crippen LogP contribution in [-0.4, -0.2) is 25.5 Å². The van der Waals surface area contributed by atoms with Crippen LogP contribution in [0.3, 0.4) is 0 Å². The molecule has 1 heterocycles. The van der Waals surface area contributed by atoms with E-state index in [4.69, 9.17) is 9.15 Å². The van der Waals surface area contributed by atoms with Gasteiger partial charge >= 0.3 is 0 Å². The molecule has 0 aliphatic carbocycles. The molecule has 6 heteroatoms. The van der Waals surface area contributed by atoms with Crippen molar-refractivity contribution in [1.82, 2.24) is 5.32 Å². The van der Waals surface area contributed by atoms with E-state index in [0.29, 0.717) is 23.7 Å². The van der Waals surface area contributed by atoms with Gasteiger partial charge in [0.1, 0.15) is 18.1 Å². The highest BCUT2D eigenvalue weighted by molar-refractivity contribution is 5.97. The van der Waals surface area contributed by atoms with E-state index in [9.17, 15) is 9.59 Å². The van der Waals surface area contributed by atoms with Crippen LogP contribution in [0.15, 0.2) is 47.1 Å². The van der Waals surface area contributed by atoms with Crippen LogP contribution < -0.4 is 15.0 Å². The van der Waals surface area contributed by atoms with Crippen LogP contribution in [0.4, 0.5) is 5.69 Å². The number of rotatable bonds is 6. The molecule has 116 valence electrons. The first kappa shape index (κ1) is 15.6. The normalized spacial score (nSPS) is 10.1. The van der Waals surface area contributed by atoms with E-state index in [1.54, 1.807) is 49.8 Å². The Morgan fingerprint density at radius 2 is 1.95 bits per heavy atom. The average molecular weight is 302 g/mol. The average Bonchev–Trinajstić information content (AvgIpc) is 3.04. The predicted molar refractivity (Wildman–Crippen MR) is 81.6 cm³/mol. The molecule has 0 saturated heterocycles. The minimum absolute atomic E-state index is 0.0532. The second-order valence-electron chi connectivity index (χ2n) is 4.66. The molecule has 0 saturated carbocycles. The van der Waals surface area contributed by atoms with Crippen molar-refractivity contribution in [2.75, 3.05) is 18.6 Å². The lowest BCUT2D eigenvalue weighted by Gasteiger charge is -2.20. The van der Waals surface area contributed by atoms with Crippen LogP contribution in [0.5, 0.6) is 5.75 Å². The van der Waals surface area contributed by atoms with Gasteiger partial charge in [-0.15, -0.1) is 0 Å². The van der Waals surface area contributed by atoms with E-state index in [1.807, 2.05) is 0 Å². The first-order valence-electron chi connectivity index (χ1n) is 6.81. The summed E-state index contributed by atoms with van der Waals surface area (Å²) < 4.78 is 10.2. The molecule has 2 amide bonds. The Morgan fingerprint density at radius 1 is 1.23 bits per heavy atom. The Bertz CT molecular complexity index is 620. The van der Waals surface area contributed by atoms with Gasteiger partial charge in [0.05, 0.1) is 19.9 Å². The Balaban J connectivity index is 1.98. The highest BCUT2D eigenvalue weighted by Crippen LogP contribution is 2.19. The molecule has 0 aliphatic heterocycles. The number of hydrogen-bond acceptors (Lipinski definition) is 4. The number of anilines is 1. The lowest BCUT2D eigenvalue weighted by Crippen LogP contribution is -2.39. The van der Waals surface area contributed by atoms with Crippen molar-refractivity contribution in [2.24, 2.45) is 0 Å². The number of hydrogen-bond donors (Lipinski definition) is 1. The number of carbonyl (C=O) groups is 2. The maximum atomic E-state index is 12.0. The molecule has 2 aromatic rings. The van der Waals surface area contributed by atoms with Crippen LogP contribution in [0.1, 0.15) is 12.7 Å². The van der Waals surface area contributed by atoms with Gasteiger partial charge in [0, 0.05) is 12.6 Å². The quantitative estimate of drug-likeness (QED) is 0.885. The van der Waals surface area contributed by atoms with Gasteiger partial charge in [-0.05, 0) is 36.4 Å². The number of nitrogens with zero attached hydrogens (tertiary/aromatic N) is 1. The molecule has 0 unspecified atom stereocenters. The number of methoxy groups -OCH3 is 1. The van der Waals surface area contributed by atoms with Gasteiger partial charge in [-0.2, -0.15) is 0 Å². The van der Waals surface area contributed by atoms with E-state index in [-0.39, 0.29) is 18.4 Å². The van der Waals surface area contributed by atoms with E-state index < -0.39 is 0 Å². The second-order valence-corrected chi connectivity index (χ2v) is 4.66. The fourth-order valence-corrected chi connectivity index (χ4v) is 1.94. The van der Waals surface area contributed by atoms with E-state index >= 15 is 0 Å². The Labute approximate surface area is 128 Å². The molecule has 0 aliphatic rings. The third-order valence-corrected chi connectivity index (χ3v) is 3.11. The number of furan rings is 1. The van der Waals surface area contributed by atoms with Crippen molar-refractivity contribution >= 4 is 17.5 Å². The van der Waals surface area contributed by atoms with Gasteiger partial charge in [0.25, 0.3) is 0 Å². The van der Waals surface area contributed by atoms with Crippen molar-refractivity contribution in [2.45, 2.75) is 13.5 Å². The van der Waals surface area contributed by atoms with Crippen LogP contribution in [0.25, 0.3) is 0 Å². The minimum atomic E-state index is -0.262. The smallest absolute Gasteiger partial charge is 0.240 e. The van der Waals surface area contributed by atoms with Gasteiger partial charge in [0.2, 0.25) is 11.8 Å². The van der Waals surface area contributed by atoms with Gasteiger partial charge < -0.3 is 19.4 Å². The van der Waals surface area contributed by atoms with Gasteiger partial charge in [0.15, 0.2) is 0 Å². The zero-order valence-electron chi connectivity index (χ0n) is 12.5. The summed E-state index contributed by atoms with van der Waals surface area (Å²) >= 11 is 0. The Morgan fingerprint density at radius 3 is 2.50 bits per heavy atom. The standard InChI is InChI=1S/C16H18N2O4/c1-12(19)18(13-5-7-14(21-2)8-6-13)11-16(20)17-10-15-4-3-9-22-15/h3-9H,10-11H2,1-2H3,(H,17,20). The van der Waals surface area contributed by atoms with Crippen molar-refractivity contribution in [3.05, 3.63) is 48.4 Å². The molecular weight excluding hydrogens is 284 g/mol. The molecule has 2 rings (SSSR count). The monoisotopic (exact) mass is 302 g/mol. The predicted octanol–water partition coefficient (Wildman–Crippen LogP) is 1.96. The molecule has 22 heavy (non-hydrogen) atoms. The Kier molecular flexibility index (Phi) is 5.19. The molecule has 0 radical (unpaired) electrons. The van der Waals surface area contributed by atoms with Crippen LogP contribution in [0.2, 0.25) is 0 Å². The molecular formula is C16H18N2O4. The van der Waals surface area contributed by atoms with E-state index in [2.05, 4.69) is 5.32 Å². The van der Waals surface area contributed by atoms with Gasteiger partial charge in [-0.3, -0.25) is 9.59 Å². The molecule has 0 bridgehead atoms. The third-order valence-electron chi connectivity index (χ3n) is 3.11. The first-order chi connectivity index (χ1) is 10.6. The summed E-state index contributed by atoms with van der Waals surface area (Å²) in [7, 11) is 1.57. The first-order valence-corrected chi connectivity index (χ1v) is 6.81. The third kappa shape index (κ3) is 4.12. The number of nitrogens with one attached hydrogen (secondary N) is 1. The van der Waals surface area contributed by atoms with Crippen molar-refractivity contribution in [3.8, 4) is 5.75 Å².